The molecule has 1 amide bonds. The van der Waals surface area contributed by atoms with E-state index >= 15 is 0 Å². The van der Waals surface area contributed by atoms with Gasteiger partial charge in [-0.1, -0.05) is 6.07 Å². The summed E-state index contributed by atoms with van der Waals surface area (Å²) in [4.78, 5) is 14.3. The molecule has 0 atom stereocenters. The molecule has 4 heteroatoms. The summed E-state index contributed by atoms with van der Waals surface area (Å²) in [6.45, 7) is 7.68. The number of carbonyl (C=O) groups is 1. The summed E-state index contributed by atoms with van der Waals surface area (Å²) in [5, 5.41) is 3.32. The predicted molar refractivity (Wildman–Crippen MR) is 76.8 cm³/mol. The van der Waals surface area contributed by atoms with Crippen LogP contribution in [0.3, 0.4) is 0 Å². The lowest BCUT2D eigenvalue weighted by Gasteiger charge is -2.37. The number of amides is 1. The highest BCUT2D eigenvalue weighted by Gasteiger charge is 2.35. The Balaban J connectivity index is 2.52. The van der Waals surface area contributed by atoms with E-state index in [-0.39, 0.29) is 11.4 Å². The number of nitrogens with one attached hydrogen (secondary N) is 1. The lowest BCUT2D eigenvalue weighted by atomic mass is 10.0. The molecule has 1 heterocycles. The Morgan fingerprint density at radius 2 is 2.11 bits per heavy atom. The summed E-state index contributed by atoms with van der Waals surface area (Å²) in [6.07, 6.45) is 0.514. The van der Waals surface area contributed by atoms with Crippen molar-refractivity contribution in [1.29, 1.82) is 0 Å². The Kier molecular flexibility index (Phi) is 3.80. The van der Waals surface area contributed by atoms with E-state index in [4.69, 9.17) is 4.74 Å². The average Bonchev–Trinajstić information content (AvgIpc) is 2.47. The number of ether oxygens (including phenoxy) is 1. The molecule has 0 radical (unpaired) electrons. The molecule has 1 aliphatic heterocycles. The first-order chi connectivity index (χ1) is 8.95. The van der Waals surface area contributed by atoms with Gasteiger partial charge in [0.15, 0.2) is 0 Å². The summed E-state index contributed by atoms with van der Waals surface area (Å²) in [5.74, 6) is 0.882. The van der Waals surface area contributed by atoms with Crippen LogP contribution in [0.15, 0.2) is 18.2 Å². The fraction of sp³-hybridized carbons (Fsp3) is 0.533. The third kappa shape index (κ3) is 2.73. The van der Waals surface area contributed by atoms with Crippen molar-refractivity contribution in [2.45, 2.75) is 32.7 Å². The molecule has 1 aromatic rings. The molecule has 2 rings (SSSR count). The number of hydrogen-bond donors (Lipinski definition) is 1. The van der Waals surface area contributed by atoms with Crippen molar-refractivity contribution in [3.8, 4) is 5.75 Å². The van der Waals surface area contributed by atoms with Crippen LogP contribution in [0, 0.1) is 6.92 Å². The minimum atomic E-state index is -0.269. The smallest absolute Gasteiger partial charge is 0.228 e. The van der Waals surface area contributed by atoms with Crippen molar-refractivity contribution >= 4 is 11.6 Å². The average molecular weight is 262 g/mol. The van der Waals surface area contributed by atoms with E-state index in [0.717, 1.165) is 30.1 Å². The van der Waals surface area contributed by atoms with Crippen molar-refractivity contribution in [3.05, 3.63) is 23.8 Å². The highest BCUT2D eigenvalue weighted by Crippen LogP contribution is 2.35. The molecule has 4 nitrogen and oxygen atoms in total. The van der Waals surface area contributed by atoms with Gasteiger partial charge >= 0.3 is 0 Å². The first-order valence-corrected chi connectivity index (χ1v) is 6.64. The maximum absolute atomic E-state index is 12.4. The number of hydrogen-bond acceptors (Lipinski definition) is 3. The Morgan fingerprint density at radius 3 is 2.79 bits per heavy atom. The third-order valence-corrected chi connectivity index (χ3v) is 3.50. The van der Waals surface area contributed by atoms with Crippen molar-refractivity contribution in [1.82, 2.24) is 5.32 Å². The number of nitrogens with zero attached hydrogens (tertiary/aromatic N) is 1. The van der Waals surface area contributed by atoms with Crippen LogP contribution in [-0.2, 0) is 4.79 Å². The fourth-order valence-electron chi connectivity index (χ4n) is 2.55. The Labute approximate surface area is 114 Å². The predicted octanol–water partition coefficient (Wildman–Crippen LogP) is 2.11. The van der Waals surface area contributed by atoms with E-state index < -0.39 is 0 Å². The molecule has 0 bridgehead atoms. The van der Waals surface area contributed by atoms with Gasteiger partial charge in [0.1, 0.15) is 5.75 Å². The van der Waals surface area contributed by atoms with Crippen LogP contribution in [-0.4, -0.2) is 31.6 Å². The molecule has 1 fully saturated rings. The molecular weight excluding hydrogens is 240 g/mol. The van der Waals surface area contributed by atoms with Crippen LogP contribution in [0.4, 0.5) is 5.69 Å². The topological polar surface area (TPSA) is 41.6 Å². The molecule has 104 valence electrons. The third-order valence-electron chi connectivity index (χ3n) is 3.50. The molecule has 0 aliphatic carbocycles. The van der Waals surface area contributed by atoms with Crippen LogP contribution >= 0.6 is 0 Å². The molecule has 1 aromatic carbocycles. The minimum absolute atomic E-state index is 0.138. The summed E-state index contributed by atoms with van der Waals surface area (Å²) in [5.41, 5.74) is 1.71. The van der Waals surface area contributed by atoms with Crippen molar-refractivity contribution < 1.29 is 9.53 Å². The number of benzene rings is 1. The van der Waals surface area contributed by atoms with Crippen LogP contribution in [0.1, 0.15) is 25.8 Å². The zero-order chi connectivity index (χ0) is 14.0. The number of rotatable bonds is 2. The molecule has 1 aliphatic rings. The number of anilines is 1. The number of aryl methyl sites for hydroxylation is 1. The van der Waals surface area contributed by atoms with E-state index in [9.17, 15) is 4.79 Å². The number of carbonyl (C=O) groups excluding carboxylic acids is 1. The van der Waals surface area contributed by atoms with Gasteiger partial charge < -0.3 is 15.0 Å². The molecule has 0 aromatic heterocycles. The second kappa shape index (κ2) is 5.21. The monoisotopic (exact) mass is 262 g/mol. The van der Waals surface area contributed by atoms with E-state index in [1.54, 1.807) is 7.11 Å². The fourth-order valence-corrected chi connectivity index (χ4v) is 2.55. The maximum atomic E-state index is 12.4. The van der Waals surface area contributed by atoms with Gasteiger partial charge in [-0.3, -0.25) is 4.79 Å². The van der Waals surface area contributed by atoms with Gasteiger partial charge in [-0.2, -0.15) is 0 Å². The van der Waals surface area contributed by atoms with Gasteiger partial charge in [-0.05, 0) is 38.5 Å². The zero-order valence-electron chi connectivity index (χ0n) is 12.1. The first-order valence-electron chi connectivity index (χ1n) is 6.64. The molecular formula is C15H22N2O2. The van der Waals surface area contributed by atoms with Gasteiger partial charge in [0.05, 0.1) is 18.3 Å². The number of methoxy groups -OCH3 is 1. The normalized spacial score (nSPS) is 19.2. The van der Waals surface area contributed by atoms with Crippen LogP contribution in [0.25, 0.3) is 0 Å². The first kappa shape index (κ1) is 13.9. The van der Waals surface area contributed by atoms with Gasteiger partial charge in [0.25, 0.3) is 0 Å². The highest BCUT2D eigenvalue weighted by molar-refractivity contribution is 5.96. The quantitative estimate of drug-likeness (QED) is 0.887. The van der Waals surface area contributed by atoms with Crippen molar-refractivity contribution in [3.63, 3.8) is 0 Å². The van der Waals surface area contributed by atoms with Gasteiger partial charge in [-0.15, -0.1) is 0 Å². The van der Waals surface area contributed by atoms with Gasteiger partial charge in [0, 0.05) is 19.5 Å². The van der Waals surface area contributed by atoms with E-state index in [1.165, 1.54) is 0 Å². The second-order valence-electron chi connectivity index (χ2n) is 5.64. The van der Waals surface area contributed by atoms with Gasteiger partial charge in [-0.25, -0.2) is 0 Å². The summed E-state index contributed by atoms with van der Waals surface area (Å²) < 4.78 is 5.42. The van der Waals surface area contributed by atoms with E-state index in [0.29, 0.717) is 6.42 Å². The maximum Gasteiger partial charge on any atom is 0.228 e. The van der Waals surface area contributed by atoms with Crippen LogP contribution in [0.5, 0.6) is 5.75 Å². The van der Waals surface area contributed by atoms with Gasteiger partial charge in [0.2, 0.25) is 5.91 Å². The Morgan fingerprint density at radius 1 is 1.37 bits per heavy atom. The minimum Gasteiger partial charge on any atom is -0.495 e. The van der Waals surface area contributed by atoms with Crippen LogP contribution in [0.2, 0.25) is 0 Å². The van der Waals surface area contributed by atoms with Crippen molar-refractivity contribution in [2.75, 3.05) is 25.1 Å². The molecule has 19 heavy (non-hydrogen) atoms. The van der Waals surface area contributed by atoms with Crippen LogP contribution < -0.4 is 15.0 Å². The molecule has 0 unspecified atom stereocenters. The molecule has 0 saturated carbocycles. The highest BCUT2D eigenvalue weighted by atomic mass is 16.5. The lowest BCUT2D eigenvalue weighted by Crippen LogP contribution is -2.51. The summed E-state index contributed by atoms with van der Waals surface area (Å²) >= 11 is 0. The SMILES string of the molecule is COc1ccc(C)cc1N1C(=O)CCNCC1(C)C. The van der Waals surface area contributed by atoms with E-state index in [1.807, 2.05) is 30.0 Å². The largest absolute Gasteiger partial charge is 0.495 e. The Hall–Kier alpha value is -1.55. The Bertz CT molecular complexity index is 483. The summed E-state index contributed by atoms with van der Waals surface area (Å²) in [7, 11) is 1.64. The molecule has 1 saturated heterocycles. The standard InChI is InChI=1S/C15H22N2O2/c1-11-5-6-13(19-4)12(9-11)17-14(18)7-8-16-10-15(17,2)3/h5-6,9,16H,7-8,10H2,1-4H3. The zero-order valence-corrected chi connectivity index (χ0v) is 12.1. The molecule has 0 spiro atoms. The van der Waals surface area contributed by atoms with Crippen molar-refractivity contribution in [2.24, 2.45) is 0 Å². The van der Waals surface area contributed by atoms with E-state index in [2.05, 4.69) is 19.2 Å². The lowest BCUT2D eigenvalue weighted by molar-refractivity contribution is -0.119. The second-order valence-corrected chi connectivity index (χ2v) is 5.64. The molecule has 1 N–H and O–H groups in total. The summed E-state index contributed by atoms with van der Waals surface area (Å²) in [6, 6.07) is 5.94.